The van der Waals surface area contributed by atoms with Crippen molar-refractivity contribution in [2.75, 3.05) is 0 Å². The lowest BCUT2D eigenvalue weighted by Gasteiger charge is -2.09. The van der Waals surface area contributed by atoms with Crippen LogP contribution in [0.2, 0.25) is 0 Å². The van der Waals surface area contributed by atoms with Crippen molar-refractivity contribution in [3.8, 4) is 0 Å². The Bertz CT molecular complexity index is 101. The first-order valence-corrected chi connectivity index (χ1v) is 2.48. The highest BCUT2D eigenvalue weighted by Gasteiger charge is 2.19. The van der Waals surface area contributed by atoms with Gasteiger partial charge in [0.25, 0.3) is 0 Å². The summed E-state index contributed by atoms with van der Waals surface area (Å²) in [5, 5.41) is 24.9. The number of carbonyl (C=O) groups is 1. The maximum absolute atomic E-state index is 10.0. The quantitative estimate of drug-likeness (QED) is 0.489. The molecule has 4 heteroatoms. The average molecular weight is 133 g/mol. The molecule has 0 amide bonds. The van der Waals surface area contributed by atoms with Crippen molar-refractivity contribution in [3.63, 3.8) is 0 Å². The number of hydrogen-bond donors (Lipinski definition) is 3. The molecule has 3 N–H and O–H groups in total. The average Bonchev–Trinajstić information content (AvgIpc) is 1.84. The zero-order chi connectivity index (χ0) is 7.44. The second-order valence-electron chi connectivity index (χ2n) is 1.77. The van der Waals surface area contributed by atoms with Gasteiger partial charge in [-0.25, -0.2) is 0 Å². The summed E-state index contributed by atoms with van der Waals surface area (Å²) in [6, 6.07) is 0. The molecule has 0 aliphatic heterocycles. The van der Waals surface area contributed by atoms with Gasteiger partial charge in [-0.2, -0.15) is 0 Å². The van der Waals surface area contributed by atoms with Crippen LogP contribution < -0.4 is 0 Å². The van der Waals surface area contributed by atoms with Gasteiger partial charge in [0.05, 0.1) is 12.0 Å². The Morgan fingerprint density at radius 2 is 2.11 bits per heavy atom. The van der Waals surface area contributed by atoms with Crippen molar-refractivity contribution in [1.29, 1.82) is 0 Å². The van der Waals surface area contributed by atoms with Gasteiger partial charge >= 0.3 is 5.97 Å². The Labute approximate surface area is 52.7 Å². The normalized spacial score (nSPS) is 16.8. The van der Waals surface area contributed by atoms with Crippen LogP contribution in [-0.4, -0.2) is 27.4 Å². The van der Waals surface area contributed by atoms with Gasteiger partial charge in [-0.15, -0.1) is 0 Å². The summed E-state index contributed by atoms with van der Waals surface area (Å²) >= 11 is 0. The molecule has 0 saturated carbocycles. The molecule has 2 unspecified atom stereocenters. The number of rotatable bonds is 3. The van der Waals surface area contributed by atoms with Crippen molar-refractivity contribution in [2.45, 2.75) is 13.0 Å². The van der Waals surface area contributed by atoms with Crippen LogP contribution in [-0.2, 0) is 4.79 Å². The van der Waals surface area contributed by atoms with Crippen molar-refractivity contribution < 1.29 is 20.1 Å². The second-order valence-corrected chi connectivity index (χ2v) is 1.77. The van der Waals surface area contributed by atoms with E-state index in [1.807, 2.05) is 0 Å². The molecule has 0 heterocycles. The van der Waals surface area contributed by atoms with Gasteiger partial charge in [0.2, 0.25) is 0 Å². The highest BCUT2D eigenvalue weighted by molar-refractivity contribution is 5.70. The molecule has 0 saturated heterocycles. The number of hydrogen-bond acceptors (Lipinski definition) is 3. The van der Waals surface area contributed by atoms with Gasteiger partial charge in [0, 0.05) is 0 Å². The lowest BCUT2D eigenvalue weighted by atomic mass is 10.1. The Morgan fingerprint density at radius 3 is 2.22 bits per heavy atom. The van der Waals surface area contributed by atoms with Gasteiger partial charge in [-0.3, -0.25) is 4.79 Å². The van der Waals surface area contributed by atoms with Gasteiger partial charge < -0.3 is 15.3 Å². The predicted molar refractivity (Wildman–Crippen MR) is 29.0 cm³/mol. The van der Waals surface area contributed by atoms with Gasteiger partial charge in [0.15, 0.2) is 0 Å². The van der Waals surface area contributed by atoms with E-state index in [2.05, 4.69) is 0 Å². The Morgan fingerprint density at radius 1 is 1.67 bits per heavy atom. The number of carboxylic acids is 1. The van der Waals surface area contributed by atoms with Gasteiger partial charge in [-0.1, -0.05) is 0 Å². The zero-order valence-electron chi connectivity index (χ0n) is 4.98. The molecule has 4 nitrogen and oxygen atoms in total. The first kappa shape index (κ1) is 8.39. The van der Waals surface area contributed by atoms with E-state index < -0.39 is 18.0 Å². The van der Waals surface area contributed by atoms with E-state index in [1.165, 1.54) is 6.92 Å². The summed E-state index contributed by atoms with van der Waals surface area (Å²) in [5.74, 6) is -2.08. The molecule has 2 atom stereocenters. The Hall–Kier alpha value is -0.610. The predicted octanol–water partition coefficient (Wildman–Crippen LogP) is -0.398. The highest BCUT2D eigenvalue weighted by atomic mass is 16.4. The van der Waals surface area contributed by atoms with Crippen LogP contribution >= 0.6 is 0 Å². The molecule has 0 spiro atoms. The third-order valence-electron chi connectivity index (χ3n) is 1.05. The Balaban J connectivity index is 3.72. The number of carboxylic acid groups (broad SMARTS) is 1. The van der Waals surface area contributed by atoms with Gasteiger partial charge in [0.1, 0.15) is 6.61 Å². The van der Waals surface area contributed by atoms with Crippen LogP contribution in [0.25, 0.3) is 0 Å². The summed E-state index contributed by atoms with van der Waals surface area (Å²) in [4.78, 5) is 10.0. The molecule has 0 aliphatic carbocycles. The van der Waals surface area contributed by atoms with Crippen LogP contribution in [0.3, 0.4) is 0 Å². The molecule has 9 heavy (non-hydrogen) atoms. The molecule has 1 radical (unpaired) electrons. The molecule has 0 rings (SSSR count). The van der Waals surface area contributed by atoms with Crippen molar-refractivity contribution in [3.05, 3.63) is 6.61 Å². The van der Waals surface area contributed by atoms with Crippen molar-refractivity contribution in [2.24, 2.45) is 5.92 Å². The van der Waals surface area contributed by atoms with E-state index >= 15 is 0 Å². The van der Waals surface area contributed by atoms with E-state index in [0.29, 0.717) is 6.61 Å². The summed E-state index contributed by atoms with van der Waals surface area (Å²) in [7, 11) is 0. The molecular weight excluding hydrogens is 124 g/mol. The van der Waals surface area contributed by atoms with Crippen LogP contribution in [0, 0.1) is 12.5 Å². The minimum absolute atomic E-state index is 0.457. The number of aliphatic hydroxyl groups excluding tert-OH is 2. The van der Waals surface area contributed by atoms with Crippen LogP contribution in [0.4, 0.5) is 0 Å². The molecule has 53 valence electrons. The molecule has 0 aliphatic rings. The number of aliphatic hydroxyl groups is 2. The molecular formula is C5H9O4. The first-order chi connectivity index (χ1) is 4.09. The lowest BCUT2D eigenvalue weighted by Crippen LogP contribution is -2.25. The highest BCUT2D eigenvalue weighted by Crippen LogP contribution is 2.03. The topological polar surface area (TPSA) is 77.8 Å². The summed E-state index contributed by atoms with van der Waals surface area (Å²) < 4.78 is 0. The van der Waals surface area contributed by atoms with E-state index in [4.69, 9.17) is 15.3 Å². The molecule has 0 aromatic carbocycles. The summed E-state index contributed by atoms with van der Waals surface area (Å²) in [5.41, 5.74) is 0. The lowest BCUT2D eigenvalue weighted by molar-refractivity contribution is -0.144. The van der Waals surface area contributed by atoms with Crippen LogP contribution in [0.1, 0.15) is 6.92 Å². The van der Waals surface area contributed by atoms with E-state index in [0.717, 1.165) is 0 Å². The fourth-order valence-corrected chi connectivity index (χ4v) is 0.275. The standard InChI is InChI=1S/C5H9O4/c1-3(5(8)9)4(7)2-6/h2-4,6-7H,1H3,(H,8,9). The van der Waals surface area contributed by atoms with Crippen LogP contribution in [0.15, 0.2) is 0 Å². The largest absolute Gasteiger partial charge is 0.481 e. The fraction of sp³-hybridized carbons (Fsp3) is 0.600. The molecule has 0 fully saturated rings. The second kappa shape index (κ2) is 3.42. The molecule has 0 bridgehead atoms. The number of aliphatic carboxylic acids is 1. The molecule has 0 aromatic rings. The minimum Gasteiger partial charge on any atom is -0.481 e. The summed E-state index contributed by atoms with van der Waals surface area (Å²) in [6.07, 6.45) is -1.28. The smallest absolute Gasteiger partial charge is 0.308 e. The van der Waals surface area contributed by atoms with Crippen LogP contribution in [0.5, 0.6) is 0 Å². The van der Waals surface area contributed by atoms with E-state index in [1.54, 1.807) is 0 Å². The monoisotopic (exact) mass is 133 g/mol. The van der Waals surface area contributed by atoms with Crippen molar-refractivity contribution in [1.82, 2.24) is 0 Å². The third-order valence-corrected chi connectivity index (χ3v) is 1.05. The summed E-state index contributed by atoms with van der Waals surface area (Å²) in [6.45, 7) is 1.76. The maximum atomic E-state index is 10.0. The van der Waals surface area contributed by atoms with E-state index in [9.17, 15) is 4.79 Å². The zero-order valence-corrected chi connectivity index (χ0v) is 4.98. The first-order valence-electron chi connectivity index (χ1n) is 2.48. The van der Waals surface area contributed by atoms with E-state index in [-0.39, 0.29) is 0 Å². The van der Waals surface area contributed by atoms with Gasteiger partial charge in [-0.05, 0) is 6.92 Å². The molecule has 0 aromatic heterocycles. The SMILES string of the molecule is CC(C(=O)O)C(O)[CH]O. The van der Waals surface area contributed by atoms with Crippen molar-refractivity contribution >= 4 is 5.97 Å². The Kier molecular flexibility index (Phi) is 3.19. The maximum Gasteiger partial charge on any atom is 0.308 e. The minimum atomic E-state index is -1.28. The third kappa shape index (κ3) is 2.43. The fourth-order valence-electron chi connectivity index (χ4n) is 0.275.